The van der Waals surface area contributed by atoms with Gasteiger partial charge < -0.3 is 19.7 Å². The Labute approximate surface area is 119 Å². The lowest BCUT2D eigenvalue weighted by molar-refractivity contribution is 0.00578. The largest absolute Gasteiger partial charge is 0.508 e. The molecule has 1 aromatic carbocycles. The van der Waals surface area contributed by atoms with Crippen LogP contribution >= 0.6 is 0 Å². The molecule has 2 rings (SSSR count). The van der Waals surface area contributed by atoms with Crippen molar-refractivity contribution >= 4 is 18.5 Å². The minimum Gasteiger partial charge on any atom is -0.508 e. The van der Waals surface area contributed by atoms with Crippen molar-refractivity contribution < 1.29 is 19.2 Å². The normalized spacial score (nSPS) is 19.9. The monoisotopic (exact) mass is 277 g/mol. The molecule has 1 aliphatic heterocycles. The number of nitrogens with one attached hydrogen (secondary N) is 1. The number of amides is 1. The molecule has 6 heteroatoms. The Bertz CT molecular complexity index is 526. The molecule has 1 aromatic rings. The van der Waals surface area contributed by atoms with Gasteiger partial charge in [-0.25, -0.2) is 0 Å². The second-order valence-electron chi connectivity index (χ2n) is 5.91. The molecular weight excluding hydrogens is 257 g/mol. The number of benzene rings is 1. The Morgan fingerprint density at radius 1 is 1.20 bits per heavy atom. The molecule has 0 spiro atoms. The van der Waals surface area contributed by atoms with Gasteiger partial charge in [0.1, 0.15) is 5.75 Å². The van der Waals surface area contributed by atoms with Gasteiger partial charge in [0.2, 0.25) is 0 Å². The fraction of sp³-hybridized carbons (Fsp3) is 0.500. The van der Waals surface area contributed by atoms with Crippen molar-refractivity contribution in [1.29, 1.82) is 0 Å². The number of carbonyl (C=O) groups excluding carboxylic acids is 1. The summed E-state index contributed by atoms with van der Waals surface area (Å²) < 4.78 is 11.8. The fourth-order valence-corrected chi connectivity index (χ4v) is 2.09. The minimum absolute atomic E-state index is 0.00963. The molecule has 1 aliphatic rings. The van der Waals surface area contributed by atoms with E-state index in [-0.39, 0.29) is 11.7 Å². The van der Waals surface area contributed by atoms with E-state index in [2.05, 4.69) is 5.32 Å². The summed E-state index contributed by atoms with van der Waals surface area (Å²) in [6, 6.07) is 4.78. The van der Waals surface area contributed by atoms with Gasteiger partial charge in [0.15, 0.2) is 0 Å². The number of hydrogen-bond donors (Lipinski definition) is 2. The molecule has 5 nitrogen and oxygen atoms in total. The average molecular weight is 277 g/mol. The molecule has 0 aliphatic carbocycles. The highest BCUT2D eigenvalue weighted by atomic mass is 16.7. The summed E-state index contributed by atoms with van der Waals surface area (Å²) >= 11 is 0. The summed E-state index contributed by atoms with van der Waals surface area (Å²) in [5.41, 5.74) is -0.337. The molecule has 1 amide bonds. The van der Waals surface area contributed by atoms with E-state index in [4.69, 9.17) is 9.31 Å². The van der Waals surface area contributed by atoms with Crippen LogP contribution in [0.2, 0.25) is 0 Å². The first-order valence-electron chi connectivity index (χ1n) is 6.59. The number of phenolic OH excluding ortho intramolecular Hbond substituents is 1. The van der Waals surface area contributed by atoms with Crippen LogP contribution in [0.4, 0.5) is 0 Å². The van der Waals surface area contributed by atoms with Crippen LogP contribution in [-0.2, 0) is 9.31 Å². The average Bonchev–Trinajstić information content (AvgIpc) is 2.56. The van der Waals surface area contributed by atoms with E-state index >= 15 is 0 Å². The summed E-state index contributed by atoms with van der Waals surface area (Å²) in [4.78, 5) is 11.9. The van der Waals surface area contributed by atoms with Crippen molar-refractivity contribution in [3.63, 3.8) is 0 Å². The maximum absolute atomic E-state index is 11.9. The van der Waals surface area contributed by atoms with Crippen LogP contribution in [0, 0.1) is 0 Å². The van der Waals surface area contributed by atoms with E-state index in [1.54, 1.807) is 19.2 Å². The van der Waals surface area contributed by atoms with Gasteiger partial charge in [-0.15, -0.1) is 0 Å². The van der Waals surface area contributed by atoms with Crippen molar-refractivity contribution in [2.24, 2.45) is 0 Å². The van der Waals surface area contributed by atoms with Crippen LogP contribution in [0.1, 0.15) is 38.1 Å². The van der Waals surface area contributed by atoms with Crippen molar-refractivity contribution in [2.75, 3.05) is 7.05 Å². The van der Waals surface area contributed by atoms with Gasteiger partial charge in [0, 0.05) is 18.1 Å². The molecular formula is C14H20BNO4. The molecule has 0 saturated carbocycles. The quantitative estimate of drug-likeness (QED) is 0.793. The van der Waals surface area contributed by atoms with Gasteiger partial charge in [0.25, 0.3) is 5.91 Å². The summed E-state index contributed by atoms with van der Waals surface area (Å²) in [5.74, 6) is -0.296. The maximum atomic E-state index is 11.9. The van der Waals surface area contributed by atoms with Crippen LogP contribution in [0.5, 0.6) is 5.75 Å². The Morgan fingerprint density at radius 2 is 1.75 bits per heavy atom. The summed E-state index contributed by atoms with van der Waals surface area (Å²) in [5, 5.41) is 12.6. The van der Waals surface area contributed by atoms with Gasteiger partial charge in [-0.1, -0.05) is 6.07 Å². The summed E-state index contributed by atoms with van der Waals surface area (Å²) in [6.07, 6.45) is 0. The molecule has 1 fully saturated rings. The number of carbonyl (C=O) groups is 1. The van der Waals surface area contributed by atoms with Gasteiger partial charge in [0.05, 0.1) is 11.2 Å². The zero-order valence-electron chi connectivity index (χ0n) is 12.5. The fourth-order valence-electron chi connectivity index (χ4n) is 2.09. The van der Waals surface area contributed by atoms with Crippen molar-refractivity contribution in [1.82, 2.24) is 5.32 Å². The van der Waals surface area contributed by atoms with E-state index in [0.29, 0.717) is 11.0 Å². The first kappa shape index (κ1) is 14.9. The summed E-state index contributed by atoms with van der Waals surface area (Å²) in [7, 11) is 0.772. The lowest BCUT2D eigenvalue weighted by Crippen LogP contribution is -2.41. The zero-order valence-corrected chi connectivity index (χ0v) is 12.5. The Balaban J connectivity index is 2.47. The predicted octanol–water partition coefficient (Wildman–Crippen LogP) is 1.05. The Kier molecular flexibility index (Phi) is 3.56. The van der Waals surface area contributed by atoms with E-state index in [1.807, 2.05) is 27.7 Å². The maximum Gasteiger partial charge on any atom is 0.499 e. The number of rotatable bonds is 2. The molecule has 0 unspecified atom stereocenters. The van der Waals surface area contributed by atoms with Crippen molar-refractivity contribution in [3.8, 4) is 5.75 Å². The predicted molar refractivity (Wildman–Crippen MR) is 77.2 cm³/mol. The lowest BCUT2D eigenvalue weighted by atomic mass is 9.75. The SMILES string of the molecule is CNC(=O)c1cccc(O)c1B1OC(C)(C)C(C)(C)O1. The highest BCUT2D eigenvalue weighted by Crippen LogP contribution is 2.37. The van der Waals surface area contributed by atoms with Gasteiger partial charge >= 0.3 is 7.12 Å². The lowest BCUT2D eigenvalue weighted by Gasteiger charge is -2.32. The molecule has 0 bridgehead atoms. The smallest absolute Gasteiger partial charge is 0.499 e. The molecule has 108 valence electrons. The van der Waals surface area contributed by atoms with E-state index in [0.717, 1.165) is 0 Å². The second kappa shape index (κ2) is 4.79. The van der Waals surface area contributed by atoms with E-state index in [9.17, 15) is 9.90 Å². The first-order valence-corrected chi connectivity index (χ1v) is 6.59. The Hall–Kier alpha value is -1.53. The first-order chi connectivity index (χ1) is 9.19. The zero-order chi connectivity index (χ0) is 15.1. The highest BCUT2D eigenvalue weighted by Gasteiger charge is 2.53. The Morgan fingerprint density at radius 3 is 2.25 bits per heavy atom. The standard InChI is InChI=1S/C14H20BNO4/c1-13(2)14(3,4)20-15(19-13)11-9(12(18)16-5)7-6-8-10(11)17/h6-8,17H,1-5H3,(H,16,18). The van der Waals surface area contributed by atoms with Gasteiger partial charge in [-0.05, 0) is 39.8 Å². The van der Waals surface area contributed by atoms with Crippen molar-refractivity contribution in [2.45, 2.75) is 38.9 Å². The third-order valence-electron chi connectivity index (χ3n) is 4.04. The number of phenols is 1. The molecule has 0 radical (unpaired) electrons. The van der Waals surface area contributed by atoms with Crippen LogP contribution in [-0.4, -0.2) is 36.4 Å². The van der Waals surface area contributed by atoms with Crippen LogP contribution in [0.25, 0.3) is 0 Å². The second-order valence-corrected chi connectivity index (χ2v) is 5.91. The topological polar surface area (TPSA) is 67.8 Å². The van der Waals surface area contributed by atoms with Crippen LogP contribution in [0.3, 0.4) is 0 Å². The molecule has 1 heterocycles. The molecule has 2 N–H and O–H groups in total. The minimum atomic E-state index is -0.770. The molecule has 20 heavy (non-hydrogen) atoms. The van der Waals surface area contributed by atoms with Crippen LogP contribution < -0.4 is 10.8 Å². The van der Waals surface area contributed by atoms with Crippen molar-refractivity contribution in [3.05, 3.63) is 23.8 Å². The molecule has 0 atom stereocenters. The molecule has 0 aromatic heterocycles. The number of hydrogen-bond acceptors (Lipinski definition) is 4. The highest BCUT2D eigenvalue weighted by molar-refractivity contribution is 6.64. The van der Waals surface area contributed by atoms with Gasteiger partial charge in [-0.2, -0.15) is 0 Å². The van der Waals surface area contributed by atoms with E-state index < -0.39 is 18.3 Å². The van der Waals surface area contributed by atoms with Crippen LogP contribution in [0.15, 0.2) is 18.2 Å². The third kappa shape index (κ3) is 2.29. The summed E-state index contributed by atoms with van der Waals surface area (Å²) in [6.45, 7) is 7.69. The van der Waals surface area contributed by atoms with E-state index in [1.165, 1.54) is 6.07 Å². The third-order valence-corrected chi connectivity index (χ3v) is 4.04. The van der Waals surface area contributed by atoms with Gasteiger partial charge in [-0.3, -0.25) is 4.79 Å². The number of aromatic hydroxyl groups is 1. The molecule has 1 saturated heterocycles.